The second kappa shape index (κ2) is 15.8. The molecule has 0 unspecified atom stereocenters. The van der Waals surface area contributed by atoms with Gasteiger partial charge < -0.3 is 5.32 Å². The zero-order valence-electron chi connectivity index (χ0n) is 36.5. The Kier molecular flexibility index (Phi) is 9.18. The quantitative estimate of drug-likeness (QED) is 0.166. The molecule has 0 atom stereocenters. The summed E-state index contributed by atoms with van der Waals surface area (Å²) in [6.45, 7) is 1.53. The topological polar surface area (TPSA) is 75.6 Å². The molecule has 1 aliphatic heterocycles. The number of benzene rings is 7. The first kappa shape index (κ1) is 38.8. The Hall–Kier alpha value is -8.58. The molecule has 13 rings (SSSR count). The Morgan fingerprint density at radius 2 is 0.836 bits per heavy atom. The minimum Gasteiger partial charge on any atom is -0.378 e. The van der Waals surface area contributed by atoms with Gasteiger partial charge in [-0.15, -0.1) is 0 Å². The molecule has 10 aromatic rings. The lowest BCUT2D eigenvalue weighted by Gasteiger charge is -2.30. The lowest BCUT2D eigenvalue weighted by molar-refractivity contribution is 0.677. The van der Waals surface area contributed by atoms with Crippen LogP contribution < -0.4 is 10.6 Å². The van der Waals surface area contributed by atoms with E-state index in [1.807, 2.05) is 6.07 Å². The molecule has 7 aromatic carbocycles. The van der Waals surface area contributed by atoms with Crippen molar-refractivity contribution < 1.29 is 0 Å². The Balaban J connectivity index is 1.00. The predicted octanol–water partition coefficient (Wildman–Crippen LogP) is 13.1. The summed E-state index contributed by atoms with van der Waals surface area (Å²) in [5.41, 5.74) is 24.6. The Morgan fingerprint density at radius 1 is 0.373 bits per heavy atom. The molecule has 0 saturated carbocycles. The van der Waals surface area contributed by atoms with Crippen molar-refractivity contribution in [2.45, 2.75) is 5.41 Å². The molecular formula is C61H42N6. The summed E-state index contributed by atoms with van der Waals surface area (Å²) in [5, 5.41) is 6.70. The first-order chi connectivity index (χ1) is 33.2. The molecule has 0 amide bonds. The maximum absolute atomic E-state index is 5.16. The average molecular weight is 859 g/mol. The van der Waals surface area contributed by atoms with Gasteiger partial charge >= 0.3 is 0 Å². The monoisotopic (exact) mass is 858 g/mol. The SMILES string of the molecule is C1=C(c2cccc(-c3cccc(-c4cc(-c5cccc(-c6cccc(-c7cncnc7)n6)c5)cc(-c5cccc6c5-c5ccccc5C65c6ccccc6-c6ccccc65)c4)c3)n2)CNCN1. The van der Waals surface area contributed by atoms with Gasteiger partial charge in [0.25, 0.3) is 0 Å². The van der Waals surface area contributed by atoms with Crippen LogP contribution in [0.4, 0.5) is 0 Å². The minimum absolute atomic E-state index is 0.438. The first-order valence-electron chi connectivity index (χ1n) is 22.8. The number of pyridine rings is 2. The van der Waals surface area contributed by atoms with Crippen LogP contribution in [-0.4, -0.2) is 33.1 Å². The molecule has 316 valence electrons. The van der Waals surface area contributed by atoms with Crippen molar-refractivity contribution in [2.24, 2.45) is 0 Å². The first-order valence-corrected chi connectivity index (χ1v) is 22.8. The van der Waals surface area contributed by atoms with E-state index in [-0.39, 0.29) is 0 Å². The third kappa shape index (κ3) is 6.37. The van der Waals surface area contributed by atoms with Crippen LogP contribution >= 0.6 is 0 Å². The van der Waals surface area contributed by atoms with Crippen molar-refractivity contribution in [3.05, 3.63) is 247 Å². The van der Waals surface area contributed by atoms with Crippen LogP contribution in [0.5, 0.6) is 0 Å². The summed E-state index contributed by atoms with van der Waals surface area (Å²) < 4.78 is 0. The van der Waals surface area contributed by atoms with Crippen LogP contribution in [0.2, 0.25) is 0 Å². The summed E-state index contributed by atoms with van der Waals surface area (Å²) in [5.74, 6) is 0. The zero-order chi connectivity index (χ0) is 44.3. The van der Waals surface area contributed by atoms with Crippen molar-refractivity contribution in [2.75, 3.05) is 13.2 Å². The minimum atomic E-state index is -0.438. The standard InChI is InChI=1S/C61H42N6/c1-4-20-52-49(16-1)50-17-2-5-21-53(50)61(52)54-22-6-3-18-51(54)60-48(19-9-23-55(60)61)45-31-43(39-12-7-14-41(28-39)56-24-10-26-58(66-56)46-33-62-37-63-34-46)30-44(32-45)40-13-8-15-42(29-40)57-25-11-27-59(67-57)47-35-64-38-65-36-47/h1-35,37,64-65H,36,38H2. The molecule has 0 radical (unpaired) electrons. The van der Waals surface area contributed by atoms with Crippen molar-refractivity contribution in [1.29, 1.82) is 0 Å². The van der Waals surface area contributed by atoms with Gasteiger partial charge in [0.2, 0.25) is 0 Å². The van der Waals surface area contributed by atoms with E-state index >= 15 is 0 Å². The van der Waals surface area contributed by atoms with E-state index in [0.29, 0.717) is 0 Å². The van der Waals surface area contributed by atoms with E-state index in [1.54, 1.807) is 18.7 Å². The number of rotatable bonds is 7. The fraction of sp³-hybridized carbons (Fsp3) is 0.0492. The fourth-order valence-corrected chi connectivity index (χ4v) is 10.8. The van der Waals surface area contributed by atoms with Gasteiger partial charge in [-0.3, -0.25) is 5.32 Å². The number of hydrogen-bond donors (Lipinski definition) is 2. The van der Waals surface area contributed by atoms with Crippen molar-refractivity contribution in [3.63, 3.8) is 0 Å². The van der Waals surface area contributed by atoms with Crippen LogP contribution in [0, 0.1) is 0 Å². The van der Waals surface area contributed by atoms with Crippen LogP contribution in [0.1, 0.15) is 27.9 Å². The van der Waals surface area contributed by atoms with Crippen LogP contribution in [0.3, 0.4) is 0 Å². The predicted molar refractivity (Wildman–Crippen MR) is 271 cm³/mol. The van der Waals surface area contributed by atoms with E-state index in [4.69, 9.17) is 9.97 Å². The largest absolute Gasteiger partial charge is 0.378 e. The van der Waals surface area contributed by atoms with Crippen molar-refractivity contribution >= 4 is 5.57 Å². The highest BCUT2D eigenvalue weighted by molar-refractivity contribution is 6.01. The van der Waals surface area contributed by atoms with Crippen molar-refractivity contribution in [3.8, 4) is 89.4 Å². The Labute approximate surface area is 389 Å². The van der Waals surface area contributed by atoms with Crippen LogP contribution in [-0.2, 0) is 5.41 Å². The number of nitrogens with one attached hydrogen (secondary N) is 2. The lowest BCUT2D eigenvalue weighted by Crippen LogP contribution is -2.32. The van der Waals surface area contributed by atoms with Crippen LogP contribution in [0.25, 0.3) is 95.0 Å². The fourth-order valence-electron chi connectivity index (χ4n) is 10.8. The van der Waals surface area contributed by atoms with E-state index in [1.165, 1.54) is 50.1 Å². The van der Waals surface area contributed by atoms with Gasteiger partial charge in [0.05, 0.1) is 34.9 Å². The Bertz CT molecular complexity index is 3570. The molecule has 3 aliphatic rings. The molecule has 67 heavy (non-hydrogen) atoms. The molecule has 2 aliphatic carbocycles. The number of nitrogens with zero attached hydrogens (tertiary/aromatic N) is 4. The van der Waals surface area contributed by atoms with Gasteiger partial charge in [0.1, 0.15) is 6.33 Å². The maximum Gasteiger partial charge on any atom is 0.115 e. The van der Waals surface area contributed by atoms with Crippen LogP contribution in [0.15, 0.2) is 219 Å². The molecule has 0 bridgehead atoms. The summed E-state index contributed by atoms with van der Waals surface area (Å²) >= 11 is 0. The van der Waals surface area contributed by atoms with Crippen molar-refractivity contribution in [1.82, 2.24) is 30.6 Å². The zero-order valence-corrected chi connectivity index (χ0v) is 36.5. The molecular weight excluding hydrogens is 817 g/mol. The van der Waals surface area contributed by atoms with E-state index in [9.17, 15) is 0 Å². The van der Waals surface area contributed by atoms with Gasteiger partial charge in [-0.2, -0.15) is 0 Å². The van der Waals surface area contributed by atoms with Gasteiger partial charge in [0.15, 0.2) is 0 Å². The van der Waals surface area contributed by atoms with Gasteiger partial charge in [0, 0.05) is 47.4 Å². The number of hydrogen-bond acceptors (Lipinski definition) is 6. The number of aromatic nitrogens is 4. The second-order valence-corrected chi connectivity index (χ2v) is 17.5. The van der Waals surface area contributed by atoms with E-state index in [0.717, 1.165) is 86.1 Å². The maximum atomic E-state index is 5.16. The van der Waals surface area contributed by atoms with Gasteiger partial charge in [-0.05, 0) is 132 Å². The average Bonchev–Trinajstić information content (AvgIpc) is 3.89. The number of fused-ring (bicyclic) bond motifs is 10. The molecule has 6 nitrogen and oxygen atoms in total. The third-order valence-electron chi connectivity index (χ3n) is 13.8. The molecule has 3 aromatic heterocycles. The highest BCUT2D eigenvalue weighted by Crippen LogP contribution is 2.64. The third-order valence-corrected chi connectivity index (χ3v) is 13.8. The molecule has 6 heteroatoms. The summed E-state index contributed by atoms with van der Waals surface area (Å²) in [7, 11) is 0. The van der Waals surface area contributed by atoms with Gasteiger partial charge in [-0.1, -0.05) is 140 Å². The lowest BCUT2D eigenvalue weighted by atomic mass is 9.70. The molecule has 4 heterocycles. The molecule has 0 saturated heterocycles. The molecule has 1 spiro atoms. The summed E-state index contributed by atoms with van der Waals surface area (Å²) in [4.78, 5) is 18.7. The normalized spacial score (nSPS) is 13.8. The molecule has 0 fully saturated rings. The second-order valence-electron chi connectivity index (χ2n) is 17.5. The Morgan fingerprint density at radius 3 is 1.46 bits per heavy atom. The summed E-state index contributed by atoms with van der Waals surface area (Å²) in [6.07, 6.45) is 7.22. The molecule has 2 N–H and O–H groups in total. The van der Waals surface area contributed by atoms with Gasteiger partial charge in [-0.25, -0.2) is 19.9 Å². The highest BCUT2D eigenvalue weighted by Gasteiger charge is 2.52. The smallest absolute Gasteiger partial charge is 0.115 e. The van der Waals surface area contributed by atoms with E-state index < -0.39 is 5.41 Å². The highest BCUT2D eigenvalue weighted by atomic mass is 15.1. The summed E-state index contributed by atoms with van der Waals surface area (Å²) in [6, 6.07) is 71.1. The van der Waals surface area contributed by atoms with E-state index in [2.05, 4.69) is 215 Å².